The molecule has 8 nitrogen and oxygen atoms in total. The molecule has 0 radical (unpaired) electrons. The number of nitrogens with one attached hydrogen (secondary N) is 2. The maximum atomic E-state index is 9.37. The van der Waals surface area contributed by atoms with E-state index in [0.717, 1.165) is 39.6 Å². The molecule has 0 spiro atoms. The Balaban J connectivity index is 0.000000189. The highest BCUT2D eigenvalue weighted by atomic mass is 16.4. The third-order valence-electron chi connectivity index (χ3n) is 10.2. The molecule has 0 saturated heterocycles. The number of aryl methyl sites for hydroxylation is 2. The highest BCUT2D eigenvalue weighted by Crippen LogP contribution is 2.27. The number of carboxylic acid groups (broad SMARTS) is 2. The summed E-state index contributed by atoms with van der Waals surface area (Å²) in [5.74, 6) is -1.49. The number of rotatable bonds is 11. The van der Waals surface area contributed by atoms with Gasteiger partial charge in [-0.2, -0.15) is 0 Å². The molecule has 8 rings (SSSR count). The molecule has 0 amide bonds. The third-order valence-corrected chi connectivity index (χ3v) is 10.2. The van der Waals surface area contributed by atoms with E-state index in [4.69, 9.17) is 21.0 Å². The predicted octanol–water partition coefficient (Wildman–Crippen LogP) is 12.1. The average molecular weight is 811 g/mol. The van der Waals surface area contributed by atoms with Gasteiger partial charge in [-0.25, -0.2) is 0 Å². The van der Waals surface area contributed by atoms with Crippen LogP contribution in [0, 0.1) is 24.7 Å². The van der Waals surface area contributed by atoms with Crippen LogP contribution >= 0.6 is 0 Å². The molecule has 6 aromatic carbocycles. The molecule has 310 valence electrons. The zero-order valence-corrected chi connectivity index (χ0v) is 35.3. The first-order chi connectivity index (χ1) is 29.5. The highest BCUT2D eigenvalue weighted by molar-refractivity contribution is 6.11. The summed E-state index contributed by atoms with van der Waals surface area (Å²) >= 11 is 0. The molecule has 61 heavy (non-hydrogen) atoms. The van der Waals surface area contributed by atoms with Gasteiger partial charge >= 0.3 is 11.9 Å². The number of fused-ring (bicyclic) bond motifs is 2. The summed E-state index contributed by atoms with van der Waals surface area (Å²) in [6, 6.07) is 54.1. The van der Waals surface area contributed by atoms with Gasteiger partial charge in [-0.05, 0) is 65.9 Å². The van der Waals surface area contributed by atoms with Crippen LogP contribution in [0.15, 0.2) is 170 Å². The van der Waals surface area contributed by atoms with Gasteiger partial charge in [0, 0.05) is 89.1 Å². The lowest BCUT2D eigenvalue weighted by atomic mass is 9.99. The second kappa shape index (κ2) is 22.2. The number of benzene rings is 6. The standard InChI is InChI=1S/C24H22N2.C23H20N2.2C3H6O2/c1-18-9-5-6-12-20(18)15-23(25)22-17-26(16-19-10-3-2-4-11-19)24-14-8-7-13-21(22)24;1-17-9-5-6-10-18(17)15-22(24)21-16-25(19-11-3-2-4-12-19)23-14-8-7-13-20(21)23;2*1-2-3(4)5/h2-14,17,25H,15-16H2,1H3;2-14,16,24H,15H2,1H3;2*2H2,1H3,(H,4,5). The Hall–Kier alpha value is -7.32. The number of para-hydroxylation sites is 3. The van der Waals surface area contributed by atoms with E-state index in [1.165, 1.54) is 33.3 Å². The zero-order valence-electron chi connectivity index (χ0n) is 35.3. The van der Waals surface area contributed by atoms with Crippen LogP contribution in [0.3, 0.4) is 0 Å². The van der Waals surface area contributed by atoms with Crippen LogP contribution in [0.4, 0.5) is 0 Å². The Morgan fingerprint density at radius 3 is 1.39 bits per heavy atom. The fourth-order valence-corrected chi connectivity index (χ4v) is 6.81. The fourth-order valence-electron chi connectivity index (χ4n) is 6.81. The minimum absolute atomic E-state index is 0.222. The molecule has 0 saturated carbocycles. The van der Waals surface area contributed by atoms with Gasteiger partial charge in [-0.3, -0.25) is 9.59 Å². The van der Waals surface area contributed by atoms with Crippen LogP contribution in [0.25, 0.3) is 27.5 Å². The summed E-state index contributed by atoms with van der Waals surface area (Å²) in [5.41, 5.74) is 13.0. The lowest BCUT2D eigenvalue weighted by molar-refractivity contribution is -0.137. The molecule has 0 aliphatic rings. The molecule has 0 fully saturated rings. The molecule has 0 unspecified atom stereocenters. The lowest BCUT2D eigenvalue weighted by Gasteiger charge is -2.06. The van der Waals surface area contributed by atoms with Crippen molar-refractivity contribution in [3.63, 3.8) is 0 Å². The number of carbonyl (C=O) groups is 2. The van der Waals surface area contributed by atoms with Crippen LogP contribution in [0.1, 0.15) is 65.6 Å². The Morgan fingerprint density at radius 2 is 0.902 bits per heavy atom. The normalized spacial score (nSPS) is 10.4. The van der Waals surface area contributed by atoms with E-state index in [2.05, 4.69) is 139 Å². The van der Waals surface area contributed by atoms with E-state index in [-0.39, 0.29) is 12.8 Å². The first kappa shape index (κ1) is 44.8. The zero-order chi connectivity index (χ0) is 43.7. The quantitative estimate of drug-likeness (QED) is 0.0968. The molecule has 8 heteroatoms. The van der Waals surface area contributed by atoms with E-state index < -0.39 is 11.9 Å². The number of aromatic nitrogens is 2. The number of aliphatic carboxylic acids is 2. The maximum Gasteiger partial charge on any atom is 0.303 e. The van der Waals surface area contributed by atoms with Gasteiger partial charge in [0.1, 0.15) is 0 Å². The van der Waals surface area contributed by atoms with E-state index in [0.29, 0.717) is 24.3 Å². The summed E-state index contributed by atoms with van der Waals surface area (Å²) in [6.45, 7) is 8.24. The predicted molar refractivity (Wildman–Crippen MR) is 250 cm³/mol. The van der Waals surface area contributed by atoms with Crippen LogP contribution in [0.5, 0.6) is 0 Å². The molecule has 0 bridgehead atoms. The van der Waals surface area contributed by atoms with E-state index in [9.17, 15) is 9.59 Å². The Kier molecular flexibility index (Phi) is 16.3. The second-order valence-corrected chi connectivity index (χ2v) is 14.6. The topological polar surface area (TPSA) is 132 Å². The third kappa shape index (κ3) is 12.3. The van der Waals surface area contributed by atoms with Crippen molar-refractivity contribution in [3.05, 3.63) is 209 Å². The first-order valence-electron chi connectivity index (χ1n) is 20.5. The van der Waals surface area contributed by atoms with Gasteiger partial charge in [-0.1, -0.05) is 147 Å². The van der Waals surface area contributed by atoms with Gasteiger partial charge < -0.3 is 30.2 Å². The van der Waals surface area contributed by atoms with Crippen LogP contribution in [-0.4, -0.2) is 42.7 Å². The lowest BCUT2D eigenvalue weighted by Crippen LogP contribution is -2.04. The molecule has 2 aromatic heterocycles. The van der Waals surface area contributed by atoms with Gasteiger partial charge in [0.05, 0.1) is 5.52 Å². The Labute approximate surface area is 358 Å². The van der Waals surface area contributed by atoms with Gasteiger partial charge in [-0.15, -0.1) is 0 Å². The Bertz CT molecular complexity index is 2700. The van der Waals surface area contributed by atoms with Crippen LogP contribution in [0.2, 0.25) is 0 Å². The molecular formula is C53H54N4O4. The summed E-state index contributed by atoms with van der Waals surface area (Å²) < 4.78 is 4.43. The number of nitrogens with zero attached hydrogens (tertiary/aromatic N) is 2. The minimum atomic E-state index is -0.745. The number of hydrogen-bond donors (Lipinski definition) is 4. The molecular weight excluding hydrogens is 757 g/mol. The second-order valence-electron chi connectivity index (χ2n) is 14.6. The molecule has 0 atom stereocenters. The molecule has 8 aromatic rings. The Morgan fingerprint density at radius 1 is 0.508 bits per heavy atom. The fraction of sp³-hybridized carbons (Fsp3) is 0.170. The smallest absolute Gasteiger partial charge is 0.303 e. The summed E-state index contributed by atoms with van der Waals surface area (Å²) in [7, 11) is 0. The summed E-state index contributed by atoms with van der Waals surface area (Å²) in [4.78, 5) is 18.7. The van der Waals surface area contributed by atoms with Crippen molar-refractivity contribution in [2.24, 2.45) is 0 Å². The molecule has 2 heterocycles. The van der Waals surface area contributed by atoms with Crippen molar-refractivity contribution in [3.8, 4) is 5.69 Å². The van der Waals surface area contributed by atoms with E-state index in [1.54, 1.807) is 13.8 Å². The van der Waals surface area contributed by atoms with Crippen molar-refractivity contribution in [2.75, 3.05) is 0 Å². The average Bonchev–Trinajstić information content (AvgIpc) is 3.86. The molecule has 4 N–H and O–H groups in total. The van der Waals surface area contributed by atoms with Crippen LogP contribution < -0.4 is 0 Å². The SMILES string of the molecule is CCC(=O)O.CCC(=O)O.Cc1ccccc1CC(=N)c1cn(-c2ccccc2)c2ccccc12.Cc1ccccc1CC(=N)c1cn(Cc2ccccc2)c2ccccc12. The monoisotopic (exact) mass is 810 g/mol. The maximum absolute atomic E-state index is 9.37. The number of hydrogen-bond acceptors (Lipinski definition) is 4. The van der Waals surface area contributed by atoms with Gasteiger partial charge in [0.15, 0.2) is 0 Å². The van der Waals surface area contributed by atoms with Crippen molar-refractivity contribution in [1.29, 1.82) is 10.8 Å². The van der Waals surface area contributed by atoms with Crippen molar-refractivity contribution in [2.45, 2.75) is 59.9 Å². The van der Waals surface area contributed by atoms with E-state index >= 15 is 0 Å². The van der Waals surface area contributed by atoms with Crippen molar-refractivity contribution >= 4 is 45.2 Å². The van der Waals surface area contributed by atoms with Gasteiger partial charge in [0.25, 0.3) is 0 Å². The first-order valence-corrected chi connectivity index (χ1v) is 20.5. The van der Waals surface area contributed by atoms with Crippen LogP contribution in [-0.2, 0) is 29.0 Å². The highest BCUT2D eigenvalue weighted by Gasteiger charge is 2.15. The van der Waals surface area contributed by atoms with Gasteiger partial charge in [0.2, 0.25) is 0 Å². The number of carboxylic acids is 2. The van der Waals surface area contributed by atoms with Crippen molar-refractivity contribution in [1.82, 2.24) is 9.13 Å². The summed E-state index contributed by atoms with van der Waals surface area (Å²) in [6.07, 6.45) is 5.99. The summed E-state index contributed by atoms with van der Waals surface area (Å²) in [5, 5.41) is 35.2. The van der Waals surface area contributed by atoms with Crippen molar-refractivity contribution < 1.29 is 19.8 Å². The molecule has 0 aliphatic carbocycles. The largest absolute Gasteiger partial charge is 0.481 e. The minimum Gasteiger partial charge on any atom is -0.481 e. The van der Waals surface area contributed by atoms with E-state index in [1.807, 2.05) is 54.6 Å². The molecule has 0 aliphatic heterocycles.